The molecule has 110 valence electrons. The molecule has 0 spiro atoms. The van der Waals surface area contributed by atoms with Crippen LogP contribution in [0.3, 0.4) is 0 Å². The Kier molecular flexibility index (Phi) is 5.85. The fraction of sp³-hybridized carbons (Fsp3) is 0.364. The Morgan fingerprint density at radius 2 is 2.20 bits per heavy atom. The van der Waals surface area contributed by atoms with E-state index in [0.717, 1.165) is 25.2 Å². The quantitative estimate of drug-likeness (QED) is 0.628. The number of nitrogens with one attached hydrogen (secondary N) is 2. The van der Waals surface area contributed by atoms with Crippen LogP contribution in [0.5, 0.6) is 0 Å². The molecule has 2 rings (SSSR count). The number of amides is 1. The molecule has 0 bridgehead atoms. The third kappa shape index (κ3) is 3.65. The number of benzene rings is 1. The van der Waals surface area contributed by atoms with Crippen molar-refractivity contribution in [2.75, 3.05) is 19.6 Å². The highest BCUT2D eigenvalue weighted by molar-refractivity contribution is 9.10. The topological polar surface area (TPSA) is 84.3 Å². The molecule has 0 aliphatic carbocycles. The van der Waals surface area contributed by atoms with Crippen LogP contribution in [0, 0.1) is 21.8 Å². The zero-order chi connectivity index (χ0) is 14.0. The normalized spacial score (nSPS) is 14.1. The summed E-state index contributed by atoms with van der Waals surface area (Å²) >= 11 is 2.97. The summed E-state index contributed by atoms with van der Waals surface area (Å²) in [5.74, 6) is -0.988. The van der Waals surface area contributed by atoms with Gasteiger partial charge in [0.1, 0.15) is 10.3 Å². The van der Waals surface area contributed by atoms with Crippen LogP contribution in [-0.4, -0.2) is 30.5 Å². The molecule has 1 aromatic rings. The van der Waals surface area contributed by atoms with Crippen molar-refractivity contribution in [2.24, 2.45) is 5.92 Å². The Morgan fingerprint density at radius 3 is 2.70 bits per heavy atom. The highest BCUT2D eigenvalue weighted by Crippen LogP contribution is 2.29. The molecule has 20 heavy (non-hydrogen) atoms. The van der Waals surface area contributed by atoms with Crippen molar-refractivity contribution in [1.29, 1.82) is 0 Å². The highest BCUT2D eigenvalue weighted by atomic mass is 79.9. The summed E-state index contributed by atoms with van der Waals surface area (Å²) in [7, 11) is 0. The van der Waals surface area contributed by atoms with Gasteiger partial charge in [-0.25, -0.2) is 4.39 Å². The zero-order valence-electron chi connectivity index (χ0n) is 10.2. The molecule has 1 aliphatic rings. The number of rotatable bonds is 4. The van der Waals surface area contributed by atoms with Gasteiger partial charge in [-0.2, -0.15) is 0 Å². The summed E-state index contributed by atoms with van der Waals surface area (Å²) in [5.41, 5.74) is -0.533. The predicted molar refractivity (Wildman–Crippen MR) is 76.7 cm³/mol. The Labute approximate surface area is 128 Å². The number of hydrogen-bond donors (Lipinski definition) is 2. The first-order valence-electron chi connectivity index (χ1n) is 5.61. The van der Waals surface area contributed by atoms with Crippen molar-refractivity contribution >= 4 is 39.9 Å². The number of hydrogen-bond acceptors (Lipinski definition) is 4. The molecule has 6 nitrogen and oxygen atoms in total. The summed E-state index contributed by atoms with van der Waals surface area (Å²) in [5, 5.41) is 16.4. The van der Waals surface area contributed by atoms with Crippen LogP contribution in [0.1, 0.15) is 10.4 Å². The van der Waals surface area contributed by atoms with Crippen LogP contribution >= 0.6 is 28.3 Å². The number of carbonyl (C=O) groups excluding carboxylic acids is 1. The molecular weight excluding hydrogens is 356 g/mol. The molecule has 2 N–H and O–H groups in total. The van der Waals surface area contributed by atoms with E-state index in [-0.39, 0.29) is 22.4 Å². The van der Waals surface area contributed by atoms with E-state index in [9.17, 15) is 19.3 Å². The molecule has 9 heteroatoms. The smallest absolute Gasteiger partial charge is 0.287 e. The summed E-state index contributed by atoms with van der Waals surface area (Å²) < 4.78 is 13.3. The third-order valence-electron chi connectivity index (χ3n) is 2.88. The summed E-state index contributed by atoms with van der Waals surface area (Å²) in [6, 6.07) is 1.75. The maximum absolute atomic E-state index is 13.3. The Balaban J connectivity index is 0.00000200. The van der Waals surface area contributed by atoms with Crippen LogP contribution < -0.4 is 10.6 Å². The minimum absolute atomic E-state index is 0. The lowest BCUT2D eigenvalue weighted by Gasteiger charge is -2.27. The van der Waals surface area contributed by atoms with Gasteiger partial charge in [-0.3, -0.25) is 14.9 Å². The summed E-state index contributed by atoms with van der Waals surface area (Å²) in [6.45, 7) is 2.11. The largest absolute Gasteiger partial charge is 0.352 e. The SMILES string of the molecule is Cl.O=C(NCC1CNC1)c1cc(F)cc([N+](=O)[O-])c1Br. The molecule has 1 heterocycles. The van der Waals surface area contributed by atoms with E-state index in [2.05, 4.69) is 26.6 Å². The summed E-state index contributed by atoms with van der Waals surface area (Å²) in [6.07, 6.45) is 0. The number of nitrogens with zero attached hydrogens (tertiary/aromatic N) is 1. The highest BCUT2D eigenvalue weighted by Gasteiger charge is 2.23. The maximum atomic E-state index is 13.3. The van der Waals surface area contributed by atoms with Crippen molar-refractivity contribution in [3.05, 3.63) is 38.1 Å². The van der Waals surface area contributed by atoms with Crippen LogP contribution in [0.25, 0.3) is 0 Å². The van der Waals surface area contributed by atoms with Gasteiger partial charge in [0, 0.05) is 25.6 Å². The average molecular weight is 369 g/mol. The van der Waals surface area contributed by atoms with Gasteiger partial charge >= 0.3 is 0 Å². The van der Waals surface area contributed by atoms with Gasteiger partial charge in [0.2, 0.25) is 0 Å². The van der Waals surface area contributed by atoms with Crippen molar-refractivity contribution < 1.29 is 14.1 Å². The van der Waals surface area contributed by atoms with Crippen molar-refractivity contribution in [3.8, 4) is 0 Å². The van der Waals surface area contributed by atoms with Gasteiger partial charge in [0.15, 0.2) is 0 Å². The van der Waals surface area contributed by atoms with Crippen molar-refractivity contribution in [2.45, 2.75) is 0 Å². The van der Waals surface area contributed by atoms with Crippen LogP contribution in [0.4, 0.5) is 10.1 Å². The van der Waals surface area contributed by atoms with Gasteiger partial charge < -0.3 is 10.6 Å². The minimum Gasteiger partial charge on any atom is -0.352 e. The third-order valence-corrected chi connectivity index (χ3v) is 3.71. The van der Waals surface area contributed by atoms with E-state index >= 15 is 0 Å². The molecule has 1 amide bonds. The van der Waals surface area contributed by atoms with Gasteiger partial charge in [0.05, 0.1) is 16.6 Å². The van der Waals surface area contributed by atoms with Crippen LogP contribution in [0.2, 0.25) is 0 Å². The minimum atomic E-state index is -0.814. The second-order valence-electron chi connectivity index (χ2n) is 4.28. The maximum Gasteiger partial charge on any atom is 0.287 e. The average Bonchev–Trinajstić information content (AvgIpc) is 2.29. The van der Waals surface area contributed by atoms with E-state index in [4.69, 9.17) is 0 Å². The van der Waals surface area contributed by atoms with Gasteiger partial charge in [-0.15, -0.1) is 12.4 Å². The molecule has 0 aromatic heterocycles. The second kappa shape index (κ2) is 6.96. The van der Waals surface area contributed by atoms with Gasteiger partial charge in [0.25, 0.3) is 11.6 Å². The first kappa shape index (κ1) is 16.8. The first-order chi connectivity index (χ1) is 8.99. The molecule has 0 unspecified atom stereocenters. The van der Waals surface area contributed by atoms with E-state index in [1.165, 1.54) is 0 Å². The van der Waals surface area contributed by atoms with E-state index in [1.54, 1.807) is 0 Å². The molecule has 1 saturated heterocycles. The molecule has 1 fully saturated rings. The van der Waals surface area contributed by atoms with Crippen LogP contribution in [-0.2, 0) is 0 Å². The van der Waals surface area contributed by atoms with Crippen LogP contribution in [0.15, 0.2) is 16.6 Å². The van der Waals surface area contributed by atoms with Crippen molar-refractivity contribution in [1.82, 2.24) is 10.6 Å². The lowest BCUT2D eigenvalue weighted by Crippen LogP contribution is -2.48. The molecule has 1 aromatic carbocycles. The second-order valence-corrected chi connectivity index (χ2v) is 5.07. The fourth-order valence-electron chi connectivity index (χ4n) is 1.70. The molecule has 0 radical (unpaired) electrons. The molecule has 0 atom stereocenters. The number of carbonyl (C=O) groups is 1. The lowest BCUT2D eigenvalue weighted by molar-refractivity contribution is -0.385. The lowest BCUT2D eigenvalue weighted by atomic mass is 10.0. The molecule has 0 saturated carbocycles. The fourth-order valence-corrected chi connectivity index (χ4v) is 2.25. The Morgan fingerprint density at radius 1 is 1.55 bits per heavy atom. The van der Waals surface area contributed by atoms with E-state index in [0.29, 0.717) is 12.5 Å². The predicted octanol–water partition coefficient (Wildman–Crippen LogP) is 1.87. The molecule has 1 aliphatic heterocycles. The number of nitro groups is 1. The van der Waals surface area contributed by atoms with E-state index in [1.807, 2.05) is 0 Å². The standard InChI is InChI=1S/C11H11BrFN3O3.ClH/c12-10-8(1-7(13)2-9(10)16(18)19)11(17)15-5-6-3-14-4-6;/h1-2,6,14H,3-5H2,(H,15,17);1H. The first-order valence-corrected chi connectivity index (χ1v) is 6.40. The van der Waals surface area contributed by atoms with E-state index < -0.39 is 22.3 Å². The monoisotopic (exact) mass is 367 g/mol. The van der Waals surface area contributed by atoms with Crippen molar-refractivity contribution in [3.63, 3.8) is 0 Å². The number of nitro benzene ring substituents is 1. The molecular formula is C11H12BrClFN3O3. The van der Waals surface area contributed by atoms with Gasteiger partial charge in [-0.05, 0) is 22.0 Å². The Hall–Kier alpha value is -1.25. The summed E-state index contributed by atoms with van der Waals surface area (Å²) in [4.78, 5) is 21.9. The number of halogens is 3. The van der Waals surface area contributed by atoms with Gasteiger partial charge in [-0.1, -0.05) is 0 Å². The zero-order valence-corrected chi connectivity index (χ0v) is 12.6. The Bertz CT molecular complexity index is 540.